The van der Waals surface area contributed by atoms with Crippen molar-refractivity contribution in [3.8, 4) is 0 Å². The Bertz CT molecular complexity index is 1270. The molecule has 0 spiro atoms. The number of carbonyl (C=O) groups excluding carboxylic acids is 3. The van der Waals surface area contributed by atoms with Crippen LogP contribution in [0.3, 0.4) is 0 Å². The summed E-state index contributed by atoms with van der Waals surface area (Å²) in [6.07, 6.45) is 8.61. The van der Waals surface area contributed by atoms with Gasteiger partial charge in [-0.15, -0.1) is 0 Å². The Labute approximate surface area is 248 Å². The molecule has 2 atom stereocenters. The van der Waals surface area contributed by atoms with Gasteiger partial charge in [0.25, 0.3) is 0 Å². The fourth-order valence-electron chi connectivity index (χ4n) is 5.05. The van der Waals surface area contributed by atoms with E-state index in [1.54, 1.807) is 4.90 Å². The van der Waals surface area contributed by atoms with Gasteiger partial charge in [-0.3, -0.25) is 0 Å². The van der Waals surface area contributed by atoms with Crippen molar-refractivity contribution in [2.75, 3.05) is 26.2 Å². The lowest BCUT2D eigenvalue weighted by Crippen LogP contribution is -2.40. The Kier molecular flexibility index (Phi) is 12.2. The van der Waals surface area contributed by atoms with Crippen molar-refractivity contribution in [1.82, 2.24) is 9.80 Å². The molecule has 220 valence electrons. The van der Waals surface area contributed by atoms with Crippen LogP contribution in [-0.4, -0.2) is 54.5 Å². The van der Waals surface area contributed by atoms with Crippen molar-refractivity contribution in [3.63, 3.8) is 0 Å². The van der Waals surface area contributed by atoms with E-state index in [-0.39, 0.29) is 24.7 Å². The topological polar surface area (TPSA) is 76.2 Å². The average Bonchev–Trinajstić information content (AvgIpc) is 3.07. The highest BCUT2D eigenvalue weighted by Gasteiger charge is 2.24. The lowest BCUT2D eigenvalue weighted by molar-refractivity contribution is -0.112. The van der Waals surface area contributed by atoms with Gasteiger partial charge in [0.1, 0.15) is 19.5 Å². The van der Waals surface area contributed by atoms with Gasteiger partial charge in [0.15, 0.2) is 0 Å². The fraction of sp³-hybridized carbons (Fsp3) is 0.343. The number of hydrogen-bond donors (Lipinski definition) is 0. The summed E-state index contributed by atoms with van der Waals surface area (Å²) >= 11 is 0. The van der Waals surface area contributed by atoms with Crippen LogP contribution in [0.2, 0.25) is 0 Å². The zero-order valence-electron chi connectivity index (χ0n) is 24.1. The van der Waals surface area contributed by atoms with Crippen LogP contribution in [0.25, 0.3) is 6.08 Å². The number of rotatable bonds is 7. The van der Waals surface area contributed by atoms with Crippen molar-refractivity contribution in [2.45, 2.75) is 38.9 Å². The molecule has 0 unspecified atom stereocenters. The number of piperidine rings is 2. The number of likely N-dealkylation sites (tertiary alicyclic amines) is 2. The SMILES string of the molecule is O=C(OCc1ccccc1)N1CCC[C@@H](C=Cc2ccccc2)C1.O=C[C@@H]1CCCN(C(=O)OCc2ccccc2)C1. The Hall–Kier alpha value is -4.39. The third-order valence-electron chi connectivity index (χ3n) is 7.40. The van der Waals surface area contributed by atoms with Crippen LogP contribution in [0.1, 0.15) is 42.4 Å². The molecule has 0 bridgehead atoms. The summed E-state index contributed by atoms with van der Waals surface area (Å²) in [5, 5.41) is 0. The van der Waals surface area contributed by atoms with Gasteiger partial charge in [-0.2, -0.15) is 0 Å². The Morgan fingerprint density at radius 2 is 1.12 bits per heavy atom. The van der Waals surface area contributed by atoms with Crippen LogP contribution in [0.15, 0.2) is 97.1 Å². The number of carbonyl (C=O) groups is 3. The van der Waals surface area contributed by atoms with Crippen LogP contribution in [-0.2, 0) is 27.5 Å². The first-order valence-corrected chi connectivity index (χ1v) is 14.7. The molecule has 3 aromatic carbocycles. The van der Waals surface area contributed by atoms with Crippen LogP contribution in [0.5, 0.6) is 0 Å². The normalized spacial score (nSPS) is 18.5. The molecule has 0 aliphatic carbocycles. The number of ether oxygens (including phenoxy) is 2. The largest absolute Gasteiger partial charge is 0.445 e. The van der Waals surface area contributed by atoms with Gasteiger partial charge in [-0.05, 0) is 48.3 Å². The summed E-state index contributed by atoms with van der Waals surface area (Å²) in [5.74, 6) is 0.353. The summed E-state index contributed by atoms with van der Waals surface area (Å²) in [4.78, 5) is 38.3. The maximum atomic E-state index is 12.3. The van der Waals surface area contributed by atoms with E-state index >= 15 is 0 Å². The van der Waals surface area contributed by atoms with Gasteiger partial charge >= 0.3 is 12.2 Å². The number of hydrogen-bond acceptors (Lipinski definition) is 5. The van der Waals surface area contributed by atoms with Gasteiger partial charge in [0.05, 0.1) is 0 Å². The molecular weight excluding hydrogens is 528 g/mol. The second-order valence-electron chi connectivity index (χ2n) is 10.7. The van der Waals surface area contributed by atoms with Gasteiger partial charge in [0.2, 0.25) is 0 Å². The molecule has 7 heteroatoms. The monoisotopic (exact) mass is 568 g/mol. The van der Waals surface area contributed by atoms with E-state index in [1.807, 2.05) is 83.8 Å². The van der Waals surface area contributed by atoms with Crippen LogP contribution in [0.4, 0.5) is 9.59 Å². The average molecular weight is 569 g/mol. The number of aldehydes is 1. The first-order chi connectivity index (χ1) is 20.6. The highest BCUT2D eigenvalue weighted by Crippen LogP contribution is 2.20. The second kappa shape index (κ2) is 16.8. The minimum absolute atomic E-state index is 0.0389. The zero-order chi connectivity index (χ0) is 29.4. The molecule has 2 amide bonds. The number of nitrogens with zero attached hydrogens (tertiary/aromatic N) is 2. The summed E-state index contributed by atoms with van der Waals surface area (Å²) in [6.45, 7) is 3.29. The van der Waals surface area contributed by atoms with Crippen molar-refractivity contribution in [1.29, 1.82) is 0 Å². The summed E-state index contributed by atoms with van der Waals surface area (Å²) in [5.41, 5.74) is 3.18. The van der Waals surface area contributed by atoms with Crippen molar-refractivity contribution >= 4 is 24.5 Å². The van der Waals surface area contributed by atoms with E-state index in [4.69, 9.17) is 9.47 Å². The molecule has 2 aliphatic heterocycles. The third-order valence-corrected chi connectivity index (χ3v) is 7.40. The molecule has 0 N–H and O–H groups in total. The molecule has 7 nitrogen and oxygen atoms in total. The minimum atomic E-state index is -0.328. The fourth-order valence-corrected chi connectivity index (χ4v) is 5.05. The van der Waals surface area contributed by atoms with E-state index in [9.17, 15) is 14.4 Å². The minimum Gasteiger partial charge on any atom is -0.445 e. The van der Waals surface area contributed by atoms with Crippen molar-refractivity contribution in [3.05, 3.63) is 114 Å². The Balaban J connectivity index is 0.000000201. The number of amides is 2. The van der Waals surface area contributed by atoms with E-state index < -0.39 is 0 Å². The van der Waals surface area contributed by atoms with Crippen LogP contribution >= 0.6 is 0 Å². The summed E-state index contributed by atoms with van der Waals surface area (Å²) in [7, 11) is 0. The Morgan fingerprint density at radius 1 is 0.667 bits per heavy atom. The molecule has 0 aromatic heterocycles. The standard InChI is InChI=1S/C21H23NO2.C14H17NO3/c23-21(24-17-20-10-5-2-6-11-20)22-15-7-12-19(16-22)14-13-18-8-3-1-4-9-18;16-10-13-7-4-8-15(9-13)14(17)18-11-12-5-2-1-3-6-12/h1-6,8-11,13-14,19H,7,12,15-17H2;1-3,5-6,10,13H,4,7-9,11H2/t19-;13-/m01/s1. The highest BCUT2D eigenvalue weighted by molar-refractivity contribution is 5.69. The van der Waals surface area contributed by atoms with Gasteiger partial charge in [-0.25, -0.2) is 9.59 Å². The van der Waals surface area contributed by atoms with Crippen LogP contribution < -0.4 is 0 Å². The maximum Gasteiger partial charge on any atom is 0.410 e. The Morgan fingerprint density at radius 3 is 1.62 bits per heavy atom. The molecule has 2 fully saturated rings. The predicted molar refractivity (Wildman–Crippen MR) is 163 cm³/mol. The quantitative estimate of drug-likeness (QED) is 0.287. The first-order valence-electron chi connectivity index (χ1n) is 14.7. The highest BCUT2D eigenvalue weighted by atomic mass is 16.6. The lowest BCUT2D eigenvalue weighted by Gasteiger charge is -2.30. The molecule has 42 heavy (non-hydrogen) atoms. The predicted octanol–water partition coefficient (Wildman–Crippen LogP) is 6.98. The molecule has 2 aliphatic rings. The van der Waals surface area contributed by atoms with Gasteiger partial charge in [0, 0.05) is 32.1 Å². The lowest BCUT2D eigenvalue weighted by atomic mass is 9.97. The zero-order valence-corrected chi connectivity index (χ0v) is 24.1. The van der Waals surface area contributed by atoms with E-state index in [1.165, 1.54) is 5.56 Å². The summed E-state index contributed by atoms with van der Waals surface area (Å²) in [6, 6.07) is 29.6. The van der Waals surface area contributed by atoms with E-state index in [0.717, 1.165) is 56.2 Å². The van der Waals surface area contributed by atoms with Gasteiger partial charge in [-0.1, -0.05) is 103 Å². The van der Waals surface area contributed by atoms with Gasteiger partial charge < -0.3 is 24.1 Å². The van der Waals surface area contributed by atoms with E-state index in [2.05, 4.69) is 24.3 Å². The number of benzene rings is 3. The smallest absolute Gasteiger partial charge is 0.410 e. The second-order valence-corrected chi connectivity index (χ2v) is 10.7. The third kappa shape index (κ3) is 10.2. The molecule has 0 saturated carbocycles. The molecule has 2 heterocycles. The summed E-state index contributed by atoms with van der Waals surface area (Å²) < 4.78 is 10.7. The maximum absolute atomic E-state index is 12.3. The molecule has 5 rings (SSSR count). The molecule has 2 saturated heterocycles. The molecular formula is C35H40N2O5. The van der Waals surface area contributed by atoms with Crippen molar-refractivity contribution < 1.29 is 23.9 Å². The van der Waals surface area contributed by atoms with Crippen molar-refractivity contribution in [2.24, 2.45) is 11.8 Å². The van der Waals surface area contributed by atoms with E-state index in [0.29, 0.717) is 25.6 Å². The molecule has 0 radical (unpaired) electrons. The van der Waals surface area contributed by atoms with Crippen LogP contribution in [0, 0.1) is 11.8 Å². The first kappa shape index (κ1) is 30.6. The molecule has 3 aromatic rings.